The fourth-order valence-corrected chi connectivity index (χ4v) is 5.73. The van der Waals surface area contributed by atoms with Crippen LogP contribution in [0.3, 0.4) is 0 Å². The van der Waals surface area contributed by atoms with Gasteiger partial charge in [-0.15, -0.1) is 0 Å². The molecule has 0 aliphatic heterocycles. The highest BCUT2D eigenvalue weighted by molar-refractivity contribution is 7.92. The van der Waals surface area contributed by atoms with Crippen molar-refractivity contribution in [1.29, 1.82) is 0 Å². The molecule has 3 aromatic heterocycles. The van der Waals surface area contributed by atoms with E-state index in [1.165, 1.54) is 14.0 Å². The molecule has 36 heavy (non-hydrogen) atoms. The molecule has 3 N–H and O–H groups in total. The van der Waals surface area contributed by atoms with E-state index in [0.717, 1.165) is 27.6 Å². The Morgan fingerprint density at radius 3 is 2.53 bits per heavy atom. The van der Waals surface area contributed by atoms with E-state index in [0.29, 0.717) is 17.4 Å². The molecule has 4 aromatic rings. The van der Waals surface area contributed by atoms with Crippen molar-refractivity contribution in [3.05, 3.63) is 61.6 Å². The Balaban J connectivity index is 1.74. The third kappa shape index (κ3) is 3.62. The average molecular weight is 539 g/mol. The molecule has 3 heterocycles. The van der Waals surface area contributed by atoms with E-state index in [-0.39, 0.29) is 33.9 Å². The minimum Gasteiger partial charge on any atom is -0.368 e. The van der Waals surface area contributed by atoms with Gasteiger partial charge in [0.2, 0.25) is 5.95 Å². The summed E-state index contributed by atoms with van der Waals surface area (Å²) in [4.78, 5) is 33.9. The summed E-state index contributed by atoms with van der Waals surface area (Å²) in [6.07, 6.45) is 2.21. The highest BCUT2D eigenvalue weighted by Gasteiger charge is 2.32. The standard InChI is InChI=1S/C20H17ClF2N8O4S/c1-8-15(16(21)29(2)27-8)36(34,35)28-12-6-5-11(22)14(13(12)23)31-18(32)10-7-25-19(24)26-17(10)30(20(31)33)9-3-4-9/h5-7,9,28H,3-4H2,1-2H3,(H2,24,25,26). The Labute approximate surface area is 206 Å². The summed E-state index contributed by atoms with van der Waals surface area (Å²) in [5.41, 5.74) is 1.65. The van der Waals surface area contributed by atoms with Gasteiger partial charge in [-0.25, -0.2) is 31.5 Å². The van der Waals surface area contributed by atoms with E-state index >= 15 is 4.39 Å². The zero-order valence-corrected chi connectivity index (χ0v) is 20.2. The van der Waals surface area contributed by atoms with Crippen molar-refractivity contribution in [2.24, 2.45) is 7.05 Å². The number of rotatable bonds is 5. The smallest absolute Gasteiger partial charge is 0.337 e. The van der Waals surface area contributed by atoms with Crippen LogP contribution in [0.2, 0.25) is 5.15 Å². The van der Waals surface area contributed by atoms with Gasteiger partial charge >= 0.3 is 5.69 Å². The highest BCUT2D eigenvalue weighted by Crippen LogP contribution is 2.35. The van der Waals surface area contributed by atoms with Gasteiger partial charge in [-0.05, 0) is 31.9 Å². The number of benzene rings is 1. The molecular weight excluding hydrogens is 522 g/mol. The molecule has 188 valence electrons. The van der Waals surface area contributed by atoms with E-state index in [1.807, 2.05) is 4.72 Å². The molecule has 1 fully saturated rings. The number of nitrogens with two attached hydrogens (primary N) is 1. The van der Waals surface area contributed by atoms with Gasteiger partial charge in [0.1, 0.15) is 21.1 Å². The number of aromatic nitrogens is 6. The molecule has 0 saturated heterocycles. The van der Waals surface area contributed by atoms with Gasteiger partial charge in [0.25, 0.3) is 15.6 Å². The molecular formula is C20H17ClF2N8O4S. The summed E-state index contributed by atoms with van der Waals surface area (Å²) in [6.45, 7) is 1.39. The summed E-state index contributed by atoms with van der Waals surface area (Å²) >= 11 is 6.04. The number of nitrogens with one attached hydrogen (secondary N) is 1. The van der Waals surface area contributed by atoms with Crippen LogP contribution >= 0.6 is 11.6 Å². The number of nitrogens with zero attached hydrogens (tertiary/aromatic N) is 6. The molecule has 1 aliphatic carbocycles. The molecule has 0 bridgehead atoms. The predicted molar refractivity (Wildman–Crippen MR) is 126 cm³/mol. The zero-order valence-electron chi connectivity index (χ0n) is 18.7. The number of hydrogen-bond acceptors (Lipinski definition) is 8. The molecule has 0 atom stereocenters. The second-order valence-corrected chi connectivity index (χ2v) is 10.2. The lowest BCUT2D eigenvalue weighted by Gasteiger charge is -2.16. The topological polar surface area (TPSA) is 160 Å². The first kappa shape index (κ1) is 23.9. The molecule has 0 radical (unpaired) electrons. The summed E-state index contributed by atoms with van der Waals surface area (Å²) in [5.74, 6) is -2.96. The largest absolute Gasteiger partial charge is 0.368 e. The lowest BCUT2D eigenvalue weighted by molar-refractivity contribution is 0.556. The normalized spacial score (nSPS) is 13.9. The highest BCUT2D eigenvalue weighted by atomic mass is 35.5. The van der Waals surface area contributed by atoms with Crippen LogP contribution in [0.15, 0.2) is 32.8 Å². The fraction of sp³-hybridized carbons (Fsp3) is 0.250. The summed E-state index contributed by atoms with van der Waals surface area (Å²) in [5, 5.41) is 3.48. The molecule has 0 spiro atoms. The molecule has 12 nitrogen and oxygen atoms in total. The number of sulfonamides is 1. The predicted octanol–water partition coefficient (Wildman–Crippen LogP) is 1.63. The molecule has 5 rings (SSSR count). The molecule has 1 aliphatic rings. The third-order valence-electron chi connectivity index (χ3n) is 5.66. The van der Waals surface area contributed by atoms with Crippen LogP contribution in [-0.2, 0) is 17.1 Å². The van der Waals surface area contributed by atoms with Gasteiger partial charge in [-0.3, -0.25) is 18.8 Å². The summed E-state index contributed by atoms with van der Waals surface area (Å²) < 4.78 is 61.1. The maximum Gasteiger partial charge on any atom is 0.337 e. The monoisotopic (exact) mass is 538 g/mol. The van der Waals surface area contributed by atoms with E-state index in [9.17, 15) is 22.4 Å². The van der Waals surface area contributed by atoms with Gasteiger partial charge in [0, 0.05) is 19.3 Å². The third-order valence-corrected chi connectivity index (χ3v) is 7.72. The first-order valence-corrected chi connectivity index (χ1v) is 12.3. The van der Waals surface area contributed by atoms with Crippen molar-refractivity contribution in [2.75, 3.05) is 10.5 Å². The summed E-state index contributed by atoms with van der Waals surface area (Å²) in [6, 6.07) is 1.19. The van der Waals surface area contributed by atoms with Crippen LogP contribution in [-0.4, -0.2) is 37.3 Å². The number of fused-ring (bicyclic) bond motifs is 1. The fourth-order valence-electron chi connectivity index (χ4n) is 3.92. The van der Waals surface area contributed by atoms with Gasteiger partial charge < -0.3 is 5.73 Å². The Morgan fingerprint density at radius 2 is 1.92 bits per heavy atom. The van der Waals surface area contributed by atoms with Crippen LogP contribution < -0.4 is 21.7 Å². The van der Waals surface area contributed by atoms with Crippen molar-refractivity contribution in [2.45, 2.75) is 30.7 Å². The van der Waals surface area contributed by atoms with E-state index in [1.54, 1.807) is 0 Å². The van der Waals surface area contributed by atoms with Crippen LogP contribution in [0.25, 0.3) is 16.7 Å². The Bertz CT molecular complexity index is 1810. The lowest BCUT2D eigenvalue weighted by atomic mass is 10.2. The first-order chi connectivity index (χ1) is 16.9. The zero-order chi connectivity index (χ0) is 26.1. The number of anilines is 2. The molecule has 0 amide bonds. The van der Waals surface area contributed by atoms with Gasteiger partial charge in [0.15, 0.2) is 17.3 Å². The SMILES string of the molecule is Cc1nn(C)c(Cl)c1S(=O)(=O)Nc1ccc(F)c(-n2c(=O)c3cnc(N)nc3n(C3CC3)c2=O)c1F. The van der Waals surface area contributed by atoms with Crippen LogP contribution in [0.1, 0.15) is 24.6 Å². The Kier molecular flexibility index (Phi) is 5.37. The second kappa shape index (κ2) is 8.09. The van der Waals surface area contributed by atoms with Crippen LogP contribution in [0.5, 0.6) is 0 Å². The van der Waals surface area contributed by atoms with Gasteiger partial charge in [-0.2, -0.15) is 10.1 Å². The Hall–Kier alpha value is -3.85. The quantitative estimate of drug-likeness (QED) is 0.388. The van der Waals surface area contributed by atoms with Crippen molar-refractivity contribution in [1.82, 2.24) is 28.9 Å². The van der Waals surface area contributed by atoms with Crippen LogP contribution in [0, 0.1) is 18.6 Å². The lowest BCUT2D eigenvalue weighted by Crippen LogP contribution is -2.40. The maximum atomic E-state index is 15.7. The number of hydrogen-bond donors (Lipinski definition) is 2. The number of aryl methyl sites for hydroxylation is 2. The van der Waals surface area contributed by atoms with Gasteiger partial charge in [-0.1, -0.05) is 11.6 Å². The van der Waals surface area contributed by atoms with E-state index in [4.69, 9.17) is 17.3 Å². The van der Waals surface area contributed by atoms with E-state index in [2.05, 4.69) is 15.1 Å². The minimum absolute atomic E-state index is 0.0371. The first-order valence-electron chi connectivity index (χ1n) is 10.4. The number of halogens is 3. The summed E-state index contributed by atoms with van der Waals surface area (Å²) in [7, 11) is -3.08. The van der Waals surface area contributed by atoms with Crippen LogP contribution in [0.4, 0.5) is 20.4 Å². The van der Waals surface area contributed by atoms with E-state index < -0.39 is 49.2 Å². The maximum absolute atomic E-state index is 15.7. The van der Waals surface area contributed by atoms with Crippen molar-refractivity contribution in [3.8, 4) is 5.69 Å². The second-order valence-electron chi connectivity index (χ2n) is 8.18. The molecule has 16 heteroatoms. The molecule has 1 saturated carbocycles. The van der Waals surface area contributed by atoms with Crippen molar-refractivity contribution >= 4 is 44.3 Å². The van der Waals surface area contributed by atoms with Crippen molar-refractivity contribution in [3.63, 3.8) is 0 Å². The Morgan fingerprint density at radius 1 is 1.22 bits per heavy atom. The average Bonchev–Trinajstić information content (AvgIpc) is 3.58. The minimum atomic E-state index is -4.49. The molecule has 1 aromatic carbocycles. The molecule has 0 unspecified atom stereocenters. The van der Waals surface area contributed by atoms with Crippen molar-refractivity contribution < 1.29 is 17.2 Å². The van der Waals surface area contributed by atoms with Gasteiger partial charge in [0.05, 0.1) is 11.4 Å². The number of nitrogen functional groups attached to an aromatic ring is 1.